The Morgan fingerprint density at radius 2 is 2.00 bits per heavy atom. The maximum absolute atomic E-state index is 12.3. The van der Waals surface area contributed by atoms with Gasteiger partial charge in [0.1, 0.15) is 0 Å². The Balaban J connectivity index is 2.82. The molecule has 118 valence electrons. The lowest BCUT2D eigenvalue weighted by Gasteiger charge is -2.24. The minimum atomic E-state index is -3.34. The van der Waals surface area contributed by atoms with E-state index in [1.807, 2.05) is 37.3 Å². The SMILES string of the molecule is C=CCC[C@@H](O)CN(Cc1ccccc1)S(=O)(=O)CCC. The molecule has 1 aromatic carbocycles. The minimum Gasteiger partial charge on any atom is -0.392 e. The van der Waals surface area contributed by atoms with Crippen LogP contribution in [-0.4, -0.2) is 36.2 Å². The molecule has 0 saturated carbocycles. The Bertz CT molecular complexity index is 514. The summed E-state index contributed by atoms with van der Waals surface area (Å²) in [6.07, 6.45) is 2.82. The van der Waals surface area contributed by atoms with Gasteiger partial charge in [-0.3, -0.25) is 0 Å². The van der Waals surface area contributed by atoms with E-state index in [1.54, 1.807) is 6.08 Å². The molecular formula is C16H25NO3S. The van der Waals surface area contributed by atoms with E-state index in [2.05, 4.69) is 6.58 Å². The van der Waals surface area contributed by atoms with Crippen LogP contribution in [0.25, 0.3) is 0 Å². The first-order valence-electron chi connectivity index (χ1n) is 7.30. The standard InChI is InChI=1S/C16H25NO3S/c1-3-5-11-16(18)14-17(21(19,20)12-4-2)13-15-9-7-6-8-10-15/h3,6-10,16,18H,1,4-5,11-14H2,2H3/t16-/m1/s1. The highest BCUT2D eigenvalue weighted by Crippen LogP contribution is 2.13. The number of aliphatic hydroxyl groups excluding tert-OH is 1. The number of rotatable bonds is 10. The van der Waals surface area contributed by atoms with Crippen LogP contribution in [0.15, 0.2) is 43.0 Å². The van der Waals surface area contributed by atoms with Crippen molar-refractivity contribution in [3.05, 3.63) is 48.6 Å². The van der Waals surface area contributed by atoms with Crippen LogP contribution in [0.2, 0.25) is 0 Å². The lowest BCUT2D eigenvalue weighted by Crippen LogP contribution is -2.38. The van der Waals surface area contributed by atoms with Gasteiger partial charge in [0.25, 0.3) is 0 Å². The summed E-state index contributed by atoms with van der Waals surface area (Å²) in [6, 6.07) is 9.45. The van der Waals surface area contributed by atoms with Crippen molar-refractivity contribution >= 4 is 10.0 Å². The monoisotopic (exact) mass is 311 g/mol. The van der Waals surface area contributed by atoms with Gasteiger partial charge in [0.2, 0.25) is 10.0 Å². The molecule has 0 bridgehead atoms. The van der Waals surface area contributed by atoms with Crippen molar-refractivity contribution in [2.24, 2.45) is 0 Å². The Morgan fingerprint density at radius 3 is 2.57 bits per heavy atom. The summed E-state index contributed by atoms with van der Waals surface area (Å²) in [5.74, 6) is 0.105. The molecule has 0 heterocycles. The molecule has 0 aliphatic carbocycles. The average Bonchev–Trinajstić information content (AvgIpc) is 2.45. The molecule has 0 spiro atoms. The van der Waals surface area contributed by atoms with Crippen molar-refractivity contribution in [2.75, 3.05) is 12.3 Å². The van der Waals surface area contributed by atoms with E-state index >= 15 is 0 Å². The third kappa shape index (κ3) is 6.42. The summed E-state index contributed by atoms with van der Waals surface area (Å²) in [5.41, 5.74) is 0.924. The maximum atomic E-state index is 12.3. The fourth-order valence-corrected chi connectivity index (χ4v) is 3.61. The molecule has 0 radical (unpaired) electrons. The van der Waals surface area contributed by atoms with Crippen LogP contribution < -0.4 is 0 Å². The predicted molar refractivity (Wildman–Crippen MR) is 86.4 cm³/mol. The third-order valence-corrected chi connectivity index (χ3v) is 5.16. The lowest BCUT2D eigenvalue weighted by atomic mass is 10.2. The first kappa shape index (κ1) is 17.9. The third-order valence-electron chi connectivity index (χ3n) is 3.18. The smallest absolute Gasteiger partial charge is 0.214 e. The fourth-order valence-electron chi connectivity index (χ4n) is 2.09. The Kier molecular flexibility index (Phi) is 7.64. The van der Waals surface area contributed by atoms with Crippen LogP contribution >= 0.6 is 0 Å². The molecular weight excluding hydrogens is 286 g/mol. The average molecular weight is 311 g/mol. The van der Waals surface area contributed by atoms with Crippen LogP contribution in [0.4, 0.5) is 0 Å². The molecule has 1 aromatic rings. The zero-order chi connectivity index (χ0) is 15.7. The van der Waals surface area contributed by atoms with Gasteiger partial charge < -0.3 is 5.11 Å². The van der Waals surface area contributed by atoms with Gasteiger partial charge in [0.15, 0.2) is 0 Å². The largest absolute Gasteiger partial charge is 0.392 e. The van der Waals surface area contributed by atoms with E-state index in [4.69, 9.17) is 0 Å². The van der Waals surface area contributed by atoms with E-state index < -0.39 is 16.1 Å². The zero-order valence-electron chi connectivity index (χ0n) is 12.6. The molecule has 21 heavy (non-hydrogen) atoms. The molecule has 0 saturated heterocycles. The quantitative estimate of drug-likeness (QED) is 0.676. The van der Waals surface area contributed by atoms with E-state index in [1.165, 1.54) is 4.31 Å². The number of hydrogen-bond acceptors (Lipinski definition) is 3. The molecule has 1 rings (SSSR count). The first-order valence-corrected chi connectivity index (χ1v) is 8.91. The number of sulfonamides is 1. The normalized spacial score (nSPS) is 13.3. The second-order valence-corrected chi connectivity index (χ2v) is 7.20. The lowest BCUT2D eigenvalue weighted by molar-refractivity contribution is 0.136. The molecule has 0 aliphatic rings. The maximum Gasteiger partial charge on any atom is 0.214 e. The Labute approximate surface area is 128 Å². The van der Waals surface area contributed by atoms with Gasteiger partial charge in [-0.15, -0.1) is 6.58 Å². The van der Waals surface area contributed by atoms with Gasteiger partial charge >= 0.3 is 0 Å². The van der Waals surface area contributed by atoms with E-state index in [0.717, 1.165) is 5.56 Å². The summed E-state index contributed by atoms with van der Waals surface area (Å²) in [6.45, 7) is 5.88. The van der Waals surface area contributed by atoms with Crippen LogP contribution in [0, 0.1) is 0 Å². The number of hydrogen-bond donors (Lipinski definition) is 1. The highest BCUT2D eigenvalue weighted by Gasteiger charge is 2.23. The van der Waals surface area contributed by atoms with Gasteiger partial charge in [-0.25, -0.2) is 8.42 Å². The molecule has 5 heteroatoms. The number of benzene rings is 1. The van der Waals surface area contributed by atoms with E-state index in [0.29, 0.717) is 25.8 Å². The summed E-state index contributed by atoms with van der Waals surface area (Å²) in [4.78, 5) is 0. The van der Waals surface area contributed by atoms with Crippen molar-refractivity contribution in [2.45, 2.75) is 38.8 Å². The van der Waals surface area contributed by atoms with Gasteiger partial charge in [0.05, 0.1) is 11.9 Å². The molecule has 0 unspecified atom stereocenters. The molecule has 0 aliphatic heterocycles. The van der Waals surface area contributed by atoms with Crippen LogP contribution in [-0.2, 0) is 16.6 Å². The second-order valence-electron chi connectivity index (χ2n) is 5.11. The van der Waals surface area contributed by atoms with Gasteiger partial charge in [0, 0.05) is 13.1 Å². The summed E-state index contributed by atoms with van der Waals surface area (Å²) in [5, 5.41) is 10.0. The number of nitrogens with zero attached hydrogens (tertiary/aromatic N) is 1. The van der Waals surface area contributed by atoms with Gasteiger partial charge in [-0.05, 0) is 24.8 Å². The Hall–Kier alpha value is -1.17. The molecule has 0 fully saturated rings. The summed E-state index contributed by atoms with van der Waals surface area (Å²) >= 11 is 0. The molecule has 1 atom stereocenters. The topological polar surface area (TPSA) is 57.6 Å². The van der Waals surface area contributed by atoms with Crippen LogP contribution in [0.3, 0.4) is 0 Å². The summed E-state index contributed by atoms with van der Waals surface area (Å²) < 4.78 is 26.1. The van der Waals surface area contributed by atoms with Crippen molar-refractivity contribution < 1.29 is 13.5 Å². The van der Waals surface area contributed by atoms with Crippen LogP contribution in [0.1, 0.15) is 31.7 Å². The predicted octanol–water partition coefficient (Wildman–Crippen LogP) is 2.56. The van der Waals surface area contributed by atoms with Crippen molar-refractivity contribution in [3.8, 4) is 0 Å². The summed E-state index contributed by atoms with van der Waals surface area (Å²) in [7, 11) is -3.34. The van der Waals surface area contributed by atoms with Crippen molar-refractivity contribution in [3.63, 3.8) is 0 Å². The minimum absolute atomic E-state index is 0.105. The first-order chi connectivity index (χ1) is 9.99. The van der Waals surface area contributed by atoms with Crippen molar-refractivity contribution in [1.82, 2.24) is 4.31 Å². The zero-order valence-corrected chi connectivity index (χ0v) is 13.4. The van der Waals surface area contributed by atoms with Crippen molar-refractivity contribution in [1.29, 1.82) is 0 Å². The molecule has 0 amide bonds. The highest BCUT2D eigenvalue weighted by molar-refractivity contribution is 7.89. The van der Waals surface area contributed by atoms with Crippen LogP contribution in [0.5, 0.6) is 0 Å². The fraction of sp³-hybridized carbons (Fsp3) is 0.500. The van der Waals surface area contributed by atoms with E-state index in [-0.39, 0.29) is 12.3 Å². The van der Waals surface area contributed by atoms with Gasteiger partial charge in [-0.2, -0.15) is 4.31 Å². The molecule has 1 N–H and O–H groups in total. The Morgan fingerprint density at radius 1 is 1.33 bits per heavy atom. The number of allylic oxidation sites excluding steroid dienone is 1. The number of aliphatic hydroxyl groups is 1. The highest BCUT2D eigenvalue weighted by atomic mass is 32.2. The molecule has 0 aromatic heterocycles. The molecule has 4 nitrogen and oxygen atoms in total. The second kappa shape index (κ2) is 8.97. The van der Waals surface area contributed by atoms with E-state index in [9.17, 15) is 13.5 Å². The van der Waals surface area contributed by atoms with Gasteiger partial charge in [-0.1, -0.05) is 43.3 Å².